The molecule has 2 N–H and O–H groups in total. The first-order valence-corrected chi connectivity index (χ1v) is 6.35. The van der Waals surface area contributed by atoms with Crippen molar-refractivity contribution >= 4 is 5.97 Å². The number of likely N-dealkylation sites (tertiary alicyclic amines) is 1. The summed E-state index contributed by atoms with van der Waals surface area (Å²) < 4.78 is 0. The number of aliphatic carboxylic acids is 1. The normalized spacial score (nSPS) is 24.3. The molecule has 18 heavy (non-hydrogen) atoms. The van der Waals surface area contributed by atoms with Gasteiger partial charge in [-0.15, -0.1) is 0 Å². The minimum Gasteiger partial charge on any atom is -0.508 e. The highest BCUT2D eigenvalue weighted by Gasteiger charge is 2.46. The summed E-state index contributed by atoms with van der Waals surface area (Å²) in [5, 5.41) is 19.3. The van der Waals surface area contributed by atoms with E-state index in [-0.39, 0.29) is 5.75 Å². The van der Waals surface area contributed by atoms with E-state index in [1.165, 1.54) is 0 Å². The van der Waals surface area contributed by atoms with Crippen molar-refractivity contribution in [2.75, 3.05) is 6.54 Å². The van der Waals surface area contributed by atoms with Crippen LogP contribution in [-0.4, -0.2) is 33.2 Å². The standard InChI is InChI=1S/C14H19NO3/c1-2-14(13(17)18)8-5-9-15(14)10-11-6-3-4-7-12(11)16/h3-4,6-7,16H,2,5,8-10H2,1H3,(H,17,18). The second-order valence-electron chi connectivity index (χ2n) is 4.84. The van der Waals surface area contributed by atoms with E-state index in [0.29, 0.717) is 19.4 Å². The molecule has 0 aromatic heterocycles. The maximum Gasteiger partial charge on any atom is 0.324 e. The number of hydrogen-bond donors (Lipinski definition) is 2. The average Bonchev–Trinajstić information content (AvgIpc) is 2.76. The lowest BCUT2D eigenvalue weighted by molar-refractivity contribution is -0.150. The van der Waals surface area contributed by atoms with Gasteiger partial charge in [0.05, 0.1) is 0 Å². The van der Waals surface area contributed by atoms with Gasteiger partial charge in [-0.05, 0) is 31.9 Å². The molecular formula is C14H19NO3. The summed E-state index contributed by atoms with van der Waals surface area (Å²) >= 11 is 0. The lowest BCUT2D eigenvalue weighted by Gasteiger charge is -2.34. The van der Waals surface area contributed by atoms with Gasteiger partial charge in [0.2, 0.25) is 0 Å². The molecule has 1 atom stereocenters. The van der Waals surface area contributed by atoms with Crippen molar-refractivity contribution in [3.63, 3.8) is 0 Å². The summed E-state index contributed by atoms with van der Waals surface area (Å²) in [5.41, 5.74) is 0.0286. The zero-order valence-corrected chi connectivity index (χ0v) is 10.6. The number of aromatic hydroxyl groups is 1. The third-order valence-corrected chi connectivity index (χ3v) is 3.96. The van der Waals surface area contributed by atoms with Crippen molar-refractivity contribution in [2.45, 2.75) is 38.3 Å². The Morgan fingerprint density at radius 2 is 2.17 bits per heavy atom. The number of carboxylic acids is 1. The van der Waals surface area contributed by atoms with Gasteiger partial charge in [0.15, 0.2) is 0 Å². The Kier molecular flexibility index (Phi) is 3.57. The third-order valence-electron chi connectivity index (χ3n) is 3.96. The monoisotopic (exact) mass is 249 g/mol. The molecule has 0 radical (unpaired) electrons. The molecular weight excluding hydrogens is 230 g/mol. The number of phenolic OH excluding ortho intramolecular Hbond substituents is 1. The fourth-order valence-electron chi connectivity index (χ4n) is 2.81. The average molecular weight is 249 g/mol. The molecule has 1 aromatic rings. The van der Waals surface area contributed by atoms with E-state index in [4.69, 9.17) is 0 Å². The predicted molar refractivity (Wildman–Crippen MR) is 68.4 cm³/mol. The lowest BCUT2D eigenvalue weighted by atomic mass is 9.92. The Morgan fingerprint density at radius 1 is 1.44 bits per heavy atom. The number of benzene rings is 1. The highest BCUT2D eigenvalue weighted by Crippen LogP contribution is 2.35. The molecule has 0 saturated carbocycles. The number of phenols is 1. The fraction of sp³-hybridized carbons (Fsp3) is 0.500. The Bertz CT molecular complexity index is 446. The third kappa shape index (κ3) is 2.08. The minimum atomic E-state index is -0.762. The van der Waals surface area contributed by atoms with Gasteiger partial charge in [-0.2, -0.15) is 0 Å². The van der Waals surface area contributed by atoms with Crippen molar-refractivity contribution in [1.82, 2.24) is 4.90 Å². The summed E-state index contributed by atoms with van der Waals surface area (Å²) in [4.78, 5) is 13.5. The van der Waals surface area contributed by atoms with Crippen LogP contribution in [-0.2, 0) is 11.3 Å². The highest BCUT2D eigenvalue weighted by atomic mass is 16.4. The summed E-state index contributed by atoms with van der Waals surface area (Å²) in [6.07, 6.45) is 2.18. The van der Waals surface area contributed by atoms with Crippen molar-refractivity contribution in [3.05, 3.63) is 29.8 Å². The van der Waals surface area contributed by atoms with Crippen LogP contribution in [0.1, 0.15) is 31.7 Å². The van der Waals surface area contributed by atoms with Crippen molar-refractivity contribution in [3.8, 4) is 5.75 Å². The summed E-state index contributed by atoms with van der Waals surface area (Å²) in [6, 6.07) is 7.11. The summed E-state index contributed by atoms with van der Waals surface area (Å²) in [5.74, 6) is -0.516. The SMILES string of the molecule is CCC1(C(=O)O)CCCN1Cc1ccccc1O. The second kappa shape index (κ2) is 4.98. The van der Waals surface area contributed by atoms with Crippen molar-refractivity contribution < 1.29 is 15.0 Å². The van der Waals surface area contributed by atoms with Gasteiger partial charge in [-0.1, -0.05) is 25.1 Å². The molecule has 1 aromatic carbocycles. The van der Waals surface area contributed by atoms with E-state index in [0.717, 1.165) is 18.5 Å². The molecule has 0 spiro atoms. The van der Waals surface area contributed by atoms with Crippen LogP contribution in [0.25, 0.3) is 0 Å². The van der Waals surface area contributed by atoms with E-state index < -0.39 is 11.5 Å². The molecule has 1 unspecified atom stereocenters. The quantitative estimate of drug-likeness (QED) is 0.859. The molecule has 1 aliphatic heterocycles. The molecule has 4 nitrogen and oxygen atoms in total. The molecule has 0 amide bonds. The van der Waals surface area contributed by atoms with Gasteiger partial charge in [0.25, 0.3) is 0 Å². The number of nitrogens with zero attached hydrogens (tertiary/aromatic N) is 1. The number of carboxylic acid groups (broad SMARTS) is 1. The van der Waals surface area contributed by atoms with Crippen LogP contribution in [0.3, 0.4) is 0 Å². The Hall–Kier alpha value is -1.55. The molecule has 1 saturated heterocycles. The van der Waals surface area contributed by atoms with Crippen LogP contribution in [0, 0.1) is 0 Å². The van der Waals surface area contributed by atoms with Gasteiger partial charge in [0, 0.05) is 12.1 Å². The van der Waals surface area contributed by atoms with Crippen molar-refractivity contribution in [1.29, 1.82) is 0 Å². The van der Waals surface area contributed by atoms with E-state index in [2.05, 4.69) is 0 Å². The molecule has 2 rings (SSSR count). The van der Waals surface area contributed by atoms with E-state index in [9.17, 15) is 15.0 Å². The molecule has 0 aliphatic carbocycles. The van der Waals surface area contributed by atoms with Gasteiger partial charge >= 0.3 is 5.97 Å². The van der Waals surface area contributed by atoms with Crippen LogP contribution in [0.5, 0.6) is 5.75 Å². The Labute approximate surface area is 107 Å². The number of carbonyl (C=O) groups is 1. The van der Waals surface area contributed by atoms with Gasteiger partial charge in [-0.3, -0.25) is 9.69 Å². The fourth-order valence-corrected chi connectivity index (χ4v) is 2.81. The Balaban J connectivity index is 2.23. The van der Waals surface area contributed by atoms with Crippen LogP contribution >= 0.6 is 0 Å². The Morgan fingerprint density at radius 3 is 2.78 bits per heavy atom. The maximum atomic E-state index is 11.5. The number of hydrogen-bond acceptors (Lipinski definition) is 3. The lowest BCUT2D eigenvalue weighted by Crippen LogP contribution is -2.49. The van der Waals surface area contributed by atoms with Gasteiger partial charge < -0.3 is 10.2 Å². The number of para-hydroxylation sites is 1. The summed E-state index contributed by atoms with van der Waals surface area (Å²) in [6.45, 7) is 3.18. The van der Waals surface area contributed by atoms with Crippen molar-refractivity contribution in [2.24, 2.45) is 0 Å². The first kappa shape index (κ1) is 12.9. The molecule has 98 valence electrons. The first-order valence-electron chi connectivity index (χ1n) is 6.35. The molecule has 0 bridgehead atoms. The molecule has 1 fully saturated rings. The van der Waals surface area contributed by atoms with E-state index in [1.54, 1.807) is 12.1 Å². The van der Waals surface area contributed by atoms with Gasteiger partial charge in [-0.25, -0.2) is 0 Å². The van der Waals surface area contributed by atoms with Crippen LogP contribution in [0.2, 0.25) is 0 Å². The maximum absolute atomic E-state index is 11.5. The van der Waals surface area contributed by atoms with Crippen LogP contribution < -0.4 is 0 Å². The molecule has 1 heterocycles. The largest absolute Gasteiger partial charge is 0.508 e. The van der Waals surface area contributed by atoms with Crippen LogP contribution in [0.4, 0.5) is 0 Å². The number of rotatable bonds is 4. The summed E-state index contributed by atoms with van der Waals surface area (Å²) in [7, 11) is 0. The molecule has 1 aliphatic rings. The van der Waals surface area contributed by atoms with Gasteiger partial charge in [0.1, 0.15) is 11.3 Å². The zero-order chi connectivity index (χ0) is 13.2. The second-order valence-corrected chi connectivity index (χ2v) is 4.84. The predicted octanol–water partition coefficient (Wildman–Crippen LogP) is 2.22. The highest BCUT2D eigenvalue weighted by molar-refractivity contribution is 5.79. The van der Waals surface area contributed by atoms with E-state index >= 15 is 0 Å². The smallest absolute Gasteiger partial charge is 0.324 e. The molecule has 4 heteroatoms. The topological polar surface area (TPSA) is 60.8 Å². The zero-order valence-electron chi connectivity index (χ0n) is 10.6. The minimum absolute atomic E-state index is 0.236. The van der Waals surface area contributed by atoms with E-state index in [1.807, 2.05) is 24.0 Å². The van der Waals surface area contributed by atoms with Crippen LogP contribution in [0.15, 0.2) is 24.3 Å². The first-order chi connectivity index (χ1) is 8.60.